The zero-order valence-corrected chi connectivity index (χ0v) is 17.4. The topological polar surface area (TPSA) is 52.4 Å². The van der Waals surface area contributed by atoms with Crippen molar-refractivity contribution in [1.29, 1.82) is 0 Å². The molecular formula is C21H27N2O4S+. The SMILES string of the molecule is COc1ccc(C[NH+]2CCN(C(=O)/C=C/c3cccs3)CC2)c(OC)c1OC. The zero-order valence-electron chi connectivity index (χ0n) is 16.6. The number of hydrogen-bond donors (Lipinski definition) is 1. The predicted octanol–water partition coefficient (Wildman–Crippen LogP) is 1.71. The van der Waals surface area contributed by atoms with Crippen LogP contribution in [-0.2, 0) is 11.3 Å². The Balaban J connectivity index is 1.59. The number of quaternary nitrogens is 1. The molecule has 3 rings (SSSR count). The Bertz CT molecular complexity index is 812. The van der Waals surface area contributed by atoms with Gasteiger partial charge < -0.3 is 24.0 Å². The first-order valence-electron chi connectivity index (χ1n) is 9.28. The van der Waals surface area contributed by atoms with Crippen LogP contribution in [-0.4, -0.2) is 58.3 Å². The van der Waals surface area contributed by atoms with Gasteiger partial charge in [0.15, 0.2) is 11.5 Å². The van der Waals surface area contributed by atoms with E-state index < -0.39 is 0 Å². The van der Waals surface area contributed by atoms with Crippen LogP contribution in [0.15, 0.2) is 35.7 Å². The molecule has 0 bridgehead atoms. The average Bonchev–Trinajstić information content (AvgIpc) is 3.25. The monoisotopic (exact) mass is 403 g/mol. The second kappa shape index (κ2) is 9.61. The molecule has 1 fully saturated rings. The van der Waals surface area contributed by atoms with Gasteiger partial charge >= 0.3 is 0 Å². The van der Waals surface area contributed by atoms with Gasteiger partial charge in [0.2, 0.25) is 11.7 Å². The molecule has 2 heterocycles. The zero-order chi connectivity index (χ0) is 19.9. The Hall–Kier alpha value is -2.51. The van der Waals surface area contributed by atoms with Crippen molar-refractivity contribution < 1.29 is 23.9 Å². The lowest BCUT2D eigenvalue weighted by molar-refractivity contribution is -0.917. The van der Waals surface area contributed by atoms with E-state index in [9.17, 15) is 4.79 Å². The third-order valence-corrected chi connectivity index (χ3v) is 5.78. The van der Waals surface area contributed by atoms with Gasteiger partial charge in [0, 0.05) is 11.0 Å². The largest absolute Gasteiger partial charge is 0.493 e. The van der Waals surface area contributed by atoms with Gasteiger partial charge in [-0.2, -0.15) is 0 Å². The van der Waals surface area contributed by atoms with E-state index in [-0.39, 0.29) is 5.91 Å². The molecule has 150 valence electrons. The van der Waals surface area contributed by atoms with Crippen LogP contribution in [0.2, 0.25) is 0 Å². The van der Waals surface area contributed by atoms with Crippen LogP contribution in [0.3, 0.4) is 0 Å². The summed E-state index contributed by atoms with van der Waals surface area (Å²) in [6, 6.07) is 7.92. The Kier molecular flexibility index (Phi) is 6.95. The summed E-state index contributed by atoms with van der Waals surface area (Å²) in [4.78, 5) is 16.8. The normalized spacial score (nSPS) is 15.0. The van der Waals surface area contributed by atoms with E-state index in [1.165, 1.54) is 4.90 Å². The minimum Gasteiger partial charge on any atom is -0.493 e. The standard InChI is InChI=1S/C21H26N2O4S/c1-25-18-8-6-16(20(26-2)21(18)27-3)15-22-10-12-23(13-11-22)19(24)9-7-17-5-4-14-28-17/h4-9,14H,10-13,15H2,1-3H3/p+1/b9-7+. The number of benzene rings is 1. The maximum absolute atomic E-state index is 12.4. The second-order valence-electron chi connectivity index (χ2n) is 6.59. The number of amides is 1. The first kappa shape index (κ1) is 20.2. The molecule has 0 unspecified atom stereocenters. The number of thiophene rings is 1. The summed E-state index contributed by atoms with van der Waals surface area (Å²) in [5, 5.41) is 2.01. The lowest BCUT2D eigenvalue weighted by Gasteiger charge is -2.32. The van der Waals surface area contributed by atoms with Crippen LogP contribution in [0.4, 0.5) is 0 Å². The summed E-state index contributed by atoms with van der Waals surface area (Å²) in [5.74, 6) is 2.07. The smallest absolute Gasteiger partial charge is 0.247 e. The van der Waals surface area contributed by atoms with Gasteiger partial charge in [-0.1, -0.05) is 6.07 Å². The molecule has 28 heavy (non-hydrogen) atoms. The molecule has 6 nitrogen and oxygen atoms in total. The molecule has 0 aliphatic carbocycles. The van der Waals surface area contributed by atoms with Gasteiger partial charge in [-0.15, -0.1) is 11.3 Å². The third-order valence-electron chi connectivity index (χ3n) is 4.94. The molecule has 1 aliphatic rings. The quantitative estimate of drug-likeness (QED) is 0.716. The van der Waals surface area contributed by atoms with Gasteiger partial charge in [0.1, 0.15) is 6.54 Å². The van der Waals surface area contributed by atoms with Crippen molar-refractivity contribution >= 4 is 23.3 Å². The van der Waals surface area contributed by atoms with E-state index in [0.29, 0.717) is 17.2 Å². The molecule has 1 aromatic carbocycles. The van der Waals surface area contributed by atoms with Crippen LogP contribution in [0.1, 0.15) is 10.4 Å². The summed E-state index contributed by atoms with van der Waals surface area (Å²) >= 11 is 1.63. The molecule has 1 saturated heterocycles. The van der Waals surface area contributed by atoms with Gasteiger partial charge in [0.05, 0.1) is 53.1 Å². The average molecular weight is 404 g/mol. The highest BCUT2D eigenvalue weighted by atomic mass is 32.1. The predicted molar refractivity (Wildman–Crippen MR) is 110 cm³/mol. The number of nitrogens with one attached hydrogen (secondary N) is 1. The molecule has 1 aliphatic heterocycles. The Morgan fingerprint density at radius 1 is 1.11 bits per heavy atom. The molecule has 0 radical (unpaired) electrons. The summed E-state index contributed by atoms with van der Waals surface area (Å²) in [6.07, 6.45) is 3.56. The number of methoxy groups -OCH3 is 3. The molecule has 0 saturated carbocycles. The molecule has 0 atom stereocenters. The van der Waals surface area contributed by atoms with Crippen molar-refractivity contribution in [1.82, 2.24) is 4.90 Å². The van der Waals surface area contributed by atoms with Crippen molar-refractivity contribution in [3.05, 3.63) is 46.2 Å². The first-order valence-corrected chi connectivity index (χ1v) is 10.2. The second-order valence-corrected chi connectivity index (χ2v) is 7.57. The summed E-state index contributed by atoms with van der Waals surface area (Å²) in [5.41, 5.74) is 1.08. The Morgan fingerprint density at radius 3 is 2.46 bits per heavy atom. The number of rotatable bonds is 7. The lowest BCUT2D eigenvalue weighted by atomic mass is 10.1. The minimum atomic E-state index is 0.0798. The van der Waals surface area contributed by atoms with Crippen LogP contribution in [0, 0.1) is 0 Å². The van der Waals surface area contributed by atoms with E-state index >= 15 is 0 Å². The van der Waals surface area contributed by atoms with E-state index in [1.54, 1.807) is 38.7 Å². The van der Waals surface area contributed by atoms with Crippen LogP contribution >= 0.6 is 11.3 Å². The molecule has 1 aromatic heterocycles. The highest BCUT2D eigenvalue weighted by Gasteiger charge is 2.25. The van der Waals surface area contributed by atoms with Crippen LogP contribution in [0.25, 0.3) is 6.08 Å². The fourth-order valence-corrected chi connectivity index (χ4v) is 4.05. The summed E-state index contributed by atoms with van der Waals surface area (Å²) in [7, 11) is 4.88. The summed E-state index contributed by atoms with van der Waals surface area (Å²) in [6.45, 7) is 4.11. The Labute approximate surface area is 169 Å². The van der Waals surface area contributed by atoms with Gasteiger partial charge in [-0.3, -0.25) is 4.79 Å². The maximum atomic E-state index is 12.4. The molecule has 1 N–H and O–H groups in total. The van der Waals surface area contributed by atoms with E-state index in [0.717, 1.165) is 43.2 Å². The fraction of sp³-hybridized carbons (Fsp3) is 0.381. The number of nitrogens with zero attached hydrogens (tertiary/aromatic N) is 1. The van der Waals surface area contributed by atoms with E-state index in [4.69, 9.17) is 14.2 Å². The highest BCUT2D eigenvalue weighted by molar-refractivity contribution is 7.10. The number of ether oxygens (including phenoxy) is 3. The first-order chi connectivity index (χ1) is 13.7. The minimum absolute atomic E-state index is 0.0798. The molecule has 7 heteroatoms. The molecule has 0 spiro atoms. The third kappa shape index (κ3) is 4.66. The fourth-order valence-electron chi connectivity index (χ4n) is 3.44. The highest BCUT2D eigenvalue weighted by Crippen LogP contribution is 2.39. The Morgan fingerprint density at radius 2 is 1.86 bits per heavy atom. The molecular weight excluding hydrogens is 376 g/mol. The number of carbonyl (C=O) groups excluding carboxylic acids is 1. The van der Waals surface area contributed by atoms with Crippen molar-refractivity contribution in [3.8, 4) is 17.2 Å². The van der Waals surface area contributed by atoms with Crippen molar-refractivity contribution in [2.45, 2.75) is 6.54 Å². The van der Waals surface area contributed by atoms with Crippen molar-refractivity contribution in [2.75, 3.05) is 47.5 Å². The number of piperazine rings is 1. The van der Waals surface area contributed by atoms with Gasteiger partial charge in [-0.05, 0) is 29.7 Å². The van der Waals surface area contributed by atoms with Crippen molar-refractivity contribution in [2.24, 2.45) is 0 Å². The number of hydrogen-bond acceptors (Lipinski definition) is 5. The van der Waals surface area contributed by atoms with Gasteiger partial charge in [-0.25, -0.2) is 0 Å². The van der Waals surface area contributed by atoms with E-state index in [2.05, 4.69) is 0 Å². The summed E-state index contributed by atoms with van der Waals surface area (Å²) < 4.78 is 16.4. The molecule has 1 amide bonds. The lowest BCUT2D eigenvalue weighted by Crippen LogP contribution is -3.13. The number of carbonyl (C=O) groups is 1. The van der Waals surface area contributed by atoms with E-state index in [1.807, 2.05) is 40.6 Å². The van der Waals surface area contributed by atoms with Gasteiger partial charge in [0.25, 0.3) is 0 Å². The maximum Gasteiger partial charge on any atom is 0.247 e. The van der Waals surface area contributed by atoms with Crippen LogP contribution < -0.4 is 19.1 Å². The molecule has 2 aromatic rings. The van der Waals surface area contributed by atoms with Crippen LogP contribution in [0.5, 0.6) is 17.2 Å². The van der Waals surface area contributed by atoms with Crippen molar-refractivity contribution in [3.63, 3.8) is 0 Å².